The molecule has 0 saturated heterocycles. The van der Waals surface area contributed by atoms with Crippen molar-refractivity contribution >= 4 is 11.7 Å². The van der Waals surface area contributed by atoms with Gasteiger partial charge in [0.2, 0.25) is 0 Å². The molecule has 1 amide bonds. The van der Waals surface area contributed by atoms with Crippen LogP contribution in [0, 0.1) is 13.8 Å². The third-order valence-corrected chi connectivity index (χ3v) is 6.64. The monoisotopic (exact) mass is 437 g/mol. The molecule has 2 aliphatic heterocycles. The third-order valence-electron chi connectivity index (χ3n) is 6.64. The average Bonchev–Trinajstić information content (AvgIpc) is 3.53. The largest absolute Gasteiger partial charge is 0.464 e. The Morgan fingerprint density at radius 2 is 1.76 bits per heavy atom. The van der Waals surface area contributed by atoms with Crippen LogP contribution in [-0.4, -0.2) is 10.9 Å². The minimum Gasteiger partial charge on any atom is -0.464 e. The van der Waals surface area contributed by atoms with E-state index in [1.807, 2.05) is 50.2 Å². The Hall–Kier alpha value is -3.90. The van der Waals surface area contributed by atoms with E-state index in [9.17, 15) is 4.79 Å². The summed E-state index contributed by atoms with van der Waals surface area (Å²) >= 11 is 0. The van der Waals surface area contributed by atoms with Crippen LogP contribution in [0.3, 0.4) is 0 Å². The fourth-order valence-electron chi connectivity index (χ4n) is 5.01. The Labute approximate surface area is 191 Å². The van der Waals surface area contributed by atoms with Gasteiger partial charge in [-0.05, 0) is 83.6 Å². The lowest BCUT2D eigenvalue weighted by molar-refractivity contribution is 0.0857. The second-order valence-corrected chi connectivity index (χ2v) is 8.67. The van der Waals surface area contributed by atoms with Crippen LogP contribution in [0.4, 0.5) is 5.82 Å². The number of rotatable bonds is 4. The lowest BCUT2D eigenvalue weighted by Gasteiger charge is -2.17. The quantitative estimate of drug-likeness (QED) is 0.469. The van der Waals surface area contributed by atoms with E-state index in [-0.39, 0.29) is 18.1 Å². The predicted molar refractivity (Wildman–Crippen MR) is 125 cm³/mol. The Balaban J connectivity index is 1.24. The first-order chi connectivity index (χ1) is 16.0. The Morgan fingerprint density at radius 1 is 1.00 bits per heavy atom. The number of benzene rings is 2. The molecule has 2 aromatic carbocycles. The molecule has 0 aliphatic carbocycles. The van der Waals surface area contributed by atoms with Crippen LogP contribution in [0.2, 0.25) is 0 Å². The molecule has 0 radical (unpaired) electrons. The number of fused-ring (bicyclic) bond motifs is 8. The zero-order chi connectivity index (χ0) is 22.7. The molecule has 33 heavy (non-hydrogen) atoms. The zero-order valence-corrected chi connectivity index (χ0v) is 18.4. The highest BCUT2D eigenvalue weighted by Crippen LogP contribution is 2.54. The highest BCUT2D eigenvalue weighted by atomic mass is 16.5. The molecule has 3 N–H and O–H groups in total. The number of aromatic nitrogens is 1. The first-order valence-corrected chi connectivity index (χ1v) is 11.0. The van der Waals surface area contributed by atoms with Crippen molar-refractivity contribution in [1.29, 1.82) is 0 Å². The minimum absolute atomic E-state index is 0.113. The van der Waals surface area contributed by atoms with Gasteiger partial charge in [-0.15, -0.1) is 0 Å². The molecule has 2 atom stereocenters. The van der Waals surface area contributed by atoms with Crippen LogP contribution in [0.1, 0.15) is 61.6 Å². The number of nitrogens with one attached hydrogen (secondary N) is 1. The molecule has 0 fully saturated rings. The van der Waals surface area contributed by atoms with Crippen molar-refractivity contribution < 1.29 is 13.9 Å². The number of carbonyl (C=O) groups is 1. The lowest BCUT2D eigenvalue weighted by Crippen LogP contribution is -2.24. The highest BCUT2D eigenvalue weighted by molar-refractivity contribution is 5.94. The predicted octanol–water partition coefficient (Wildman–Crippen LogP) is 4.99. The average molecular weight is 437 g/mol. The lowest BCUT2D eigenvalue weighted by atomic mass is 9.84. The van der Waals surface area contributed by atoms with Crippen molar-refractivity contribution in [1.82, 2.24) is 10.3 Å². The smallest absolute Gasteiger partial charge is 0.251 e. The molecular weight excluding hydrogens is 414 g/mol. The summed E-state index contributed by atoms with van der Waals surface area (Å²) < 4.78 is 11.9. The van der Waals surface area contributed by atoms with Crippen LogP contribution in [0.25, 0.3) is 11.3 Å². The van der Waals surface area contributed by atoms with Crippen LogP contribution in [0.5, 0.6) is 0 Å². The van der Waals surface area contributed by atoms with E-state index >= 15 is 0 Å². The van der Waals surface area contributed by atoms with Gasteiger partial charge in [0.15, 0.2) is 0 Å². The summed E-state index contributed by atoms with van der Waals surface area (Å²) in [7, 11) is 0. The van der Waals surface area contributed by atoms with Crippen LogP contribution >= 0.6 is 0 Å². The van der Waals surface area contributed by atoms with Gasteiger partial charge in [0.25, 0.3) is 5.91 Å². The fourth-order valence-corrected chi connectivity index (χ4v) is 5.01. The fraction of sp³-hybridized carbons (Fsp3) is 0.185. The molecule has 6 heteroatoms. The number of pyridine rings is 1. The van der Waals surface area contributed by atoms with Gasteiger partial charge in [-0.2, -0.15) is 0 Å². The summed E-state index contributed by atoms with van der Waals surface area (Å²) in [6.45, 7) is 4.29. The number of nitrogens with two attached hydrogens (primary N) is 1. The number of nitrogen functional groups attached to an aromatic ring is 1. The van der Waals surface area contributed by atoms with E-state index in [0.29, 0.717) is 17.9 Å². The second kappa shape index (κ2) is 7.32. The van der Waals surface area contributed by atoms with Crippen molar-refractivity contribution in [2.75, 3.05) is 5.73 Å². The maximum absolute atomic E-state index is 12.9. The first-order valence-electron chi connectivity index (χ1n) is 11.0. The number of anilines is 1. The topological polar surface area (TPSA) is 90.4 Å². The standard InChI is InChI=1S/C27H23N3O3/c1-14-10-24(28)30-15(2)22(14)13-29-27(31)17-6-8-19-21(12-17)26-18-7-5-16(23-4-3-9-32-23)11-20(18)25(19)33-26/h3-12,25-26H,13H2,1-2H3,(H2,28,30)(H,29,31). The molecule has 6 rings (SSSR count). The van der Waals surface area contributed by atoms with E-state index in [4.69, 9.17) is 14.9 Å². The van der Waals surface area contributed by atoms with Crippen molar-refractivity contribution in [2.24, 2.45) is 0 Å². The maximum atomic E-state index is 12.9. The summed E-state index contributed by atoms with van der Waals surface area (Å²) in [5.74, 6) is 1.21. The van der Waals surface area contributed by atoms with Crippen molar-refractivity contribution in [3.63, 3.8) is 0 Å². The van der Waals surface area contributed by atoms with Gasteiger partial charge in [-0.1, -0.05) is 18.2 Å². The third kappa shape index (κ3) is 3.14. The highest BCUT2D eigenvalue weighted by Gasteiger charge is 2.43. The van der Waals surface area contributed by atoms with Crippen LogP contribution < -0.4 is 11.1 Å². The second-order valence-electron chi connectivity index (χ2n) is 8.67. The van der Waals surface area contributed by atoms with Gasteiger partial charge in [0, 0.05) is 23.4 Å². The molecule has 6 nitrogen and oxygen atoms in total. The molecule has 2 aromatic heterocycles. The summed E-state index contributed by atoms with van der Waals surface area (Å²) in [5, 5.41) is 3.02. The van der Waals surface area contributed by atoms with Gasteiger partial charge in [0.1, 0.15) is 23.8 Å². The number of furan rings is 1. The van der Waals surface area contributed by atoms with Crippen LogP contribution in [-0.2, 0) is 11.3 Å². The SMILES string of the molecule is Cc1cc(N)nc(C)c1CNC(=O)c1ccc2c(c1)C1OC2c2cc(-c3ccco3)ccc21. The van der Waals surface area contributed by atoms with E-state index in [1.54, 1.807) is 6.26 Å². The number of hydrogen-bond acceptors (Lipinski definition) is 5. The van der Waals surface area contributed by atoms with Gasteiger partial charge in [0.05, 0.1) is 6.26 Å². The summed E-state index contributed by atoms with van der Waals surface area (Å²) in [6, 6.07) is 17.8. The number of nitrogens with zero attached hydrogens (tertiary/aromatic N) is 1. The van der Waals surface area contributed by atoms with Crippen molar-refractivity contribution in [3.05, 3.63) is 105 Å². The van der Waals surface area contributed by atoms with Crippen LogP contribution in [0.15, 0.2) is 65.3 Å². The number of hydrogen-bond donors (Lipinski definition) is 2. The summed E-state index contributed by atoms with van der Waals surface area (Å²) in [4.78, 5) is 17.2. The molecular formula is C27H23N3O3. The van der Waals surface area contributed by atoms with Gasteiger partial charge >= 0.3 is 0 Å². The van der Waals surface area contributed by atoms with Crippen molar-refractivity contribution in [2.45, 2.75) is 32.6 Å². The molecule has 0 saturated carbocycles. The van der Waals surface area contributed by atoms with Gasteiger partial charge < -0.3 is 20.2 Å². The Bertz CT molecular complexity index is 1390. The number of aryl methyl sites for hydroxylation is 2. The van der Waals surface area contributed by atoms with Gasteiger partial charge in [-0.25, -0.2) is 4.98 Å². The normalized spacial score (nSPS) is 17.6. The van der Waals surface area contributed by atoms with Crippen molar-refractivity contribution in [3.8, 4) is 11.3 Å². The molecule has 4 aromatic rings. The Morgan fingerprint density at radius 3 is 2.48 bits per heavy atom. The maximum Gasteiger partial charge on any atom is 0.251 e. The zero-order valence-electron chi connectivity index (χ0n) is 18.4. The molecule has 0 spiro atoms. The number of ether oxygens (including phenoxy) is 1. The molecule has 2 aliphatic rings. The summed E-state index contributed by atoms with van der Waals surface area (Å²) in [5.41, 5.74) is 14.8. The molecule has 2 bridgehead atoms. The first kappa shape index (κ1) is 19.8. The molecule has 4 heterocycles. The van der Waals surface area contributed by atoms with E-state index in [2.05, 4.69) is 28.5 Å². The number of carbonyl (C=O) groups excluding carboxylic acids is 1. The van der Waals surface area contributed by atoms with E-state index in [0.717, 1.165) is 44.8 Å². The molecule has 164 valence electrons. The van der Waals surface area contributed by atoms with Gasteiger partial charge in [-0.3, -0.25) is 4.79 Å². The molecule has 2 unspecified atom stereocenters. The summed E-state index contributed by atoms with van der Waals surface area (Å²) in [6.07, 6.45) is 1.42. The van der Waals surface area contributed by atoms with E-state index < -0.39 is 0 Å². The van der Waals surface area contributed by atoms with E-state index in [1.165, 1.54) is 5.56 Å². The Kier molecular flexibility index (Phi) is 4.38. The minimum atomic E-state index is -0.149. The number of amides is 1.